The van der Waals surface area contributed by atoms with Crippen LogP contribution < -0.4 is 0 Å². The molecule has 0 aliphatic carbocycles. The first-order chi connectivity index (χ1) is 8.17. The minimum Gasteiger partial charge on any atom is -0.385 e. The van der Waals surface area contributed by atoms with Crippen molar-refractivity contribution in [2.75, 3.05) is 20.8 Å². The van der Waals surface area contributed by atoms with Crippen molar-refractivity contribution in [3.63, 3.8) is 0 Å². The molecule has 1 aromatic rings. The highest BCUT2D eigenvalue weighted by Gasteiger charge is 2.09. The first kappa shape index (κ1) is 13.7. The lowest BCUT2D eigenvalue weighted by atomic mass is 10.1. The standard InChI is InChI=1S/C14H20N2O/c1-12(7-8-17-3)16(2)11-14-6-4-5-13(9-14)10-15/h4-6,9,12H,7-8,11H2,1-3H3. The van der Waals surface area contributed by atoms with Crippen LogP contribution in [0.3, 0.4) is 0 Å². The lowest BCUT2D eigenvalue weighted by molar-refractivity contribution is 0.150. The lowest BCUT2D eigenvalue weighted by Gasteiger charge is -2.24. The van der Waals surface area contributed by atoms with E-state index in [1.165, 1.54) is 5.56 Å². The number of nitrogens with zero attached hydrogens (tertiary/aromatic N) is 2. The highest BCUT2D eigenvalue weighted by atomic mass is 16.5. The van der Waals surface area contributed by atoms with Crippen LogP contribution in [0.15, 0.2) is 24.3 Å². The third-order valence-electron chi connectivity index (χ3n) is 2.98. The Balaban J connectivity index is 2.55. The van der Waals surface area contributed by atoms with Crippen LogP contribution in [0.25, 0.3) is 0 Å². The van der Waals surface area contributed by atoms with Crippen LogP contribution in [0.5, 0.6) is 0 Å². The van der Waals surface area contributed by atoms with Gasteiger partial charge >= 0.3 is 0 Å². The quantitative estimate of drug-likeness (QED) is 0.755. The second kappa shape index (κ2) is 7.05. The van der Waals surface area contributed by atoms with Crippen molar-refractivity contribution in [1.29, 1.82) is 5.26 Å². The molecule has 0 aromatic heterocycles. The molecule has 0 saturated carbocycles. The van der Waals surface area contributed by atoms with Gasteiger partial charge in [-0.1, -0.05) is 12.1 Å². The molecule has 0 aliphatic rings. The van der Waals surface area contributed by atoms with Crippen molar-refractivity contribution in [1.82, 2.24) is 4.90 Å². The Morgan fingerprint density at radius 2 is 2.24 bits per heavy atom. The van der Waals surface area contributed by atoms with Crippen LogP contribution >= 0.6 is 0 Å². The van der Waals surface area contributed by atoms with Gasteiger partial charge in [0.15, 0.2) is 0 Å². The van der Waals surface area contributed by atoms with Crippen molar-refractivity contribution < 1.29 is 4.74 Å². The van der Waals surface area contributed by atoms with Gasteiger partial charge in [0.25, 0.3) is 0 Å². The summed E-state index contributed by atoms with van der Waals surface area (Å²) in [5.74, 6) is 0. The van der Waals surface area contributed by atoms with Gasteiger partial charge in [-0.3, -0.25) is 4.90 Å². The van der Waals surface area contributed by atoms with E-state index in [1.54, 1.807) is 7.11 Å². The SMILES string of the molecule is COCCC(C)N(C)Cc1cccc(C#N)c1. The molecule has 0 spiro atoms. The molecule has 0 N–H and O–H groups in total. The van der Waals surface area contributed by atoms with E-state index in [0.717, 1.165) is 25.1 Å². The van der Waals surface area contributed by atoms with Gasteiger partial charge in [-0.05, 0) is 38.1 Å². The maximum atomic E-state index is 8.84. The molecule has 17 heavy (non-hydrogen) atoms. The molecule has 1 atom stereocenters. The smallest absolute Gasteiger partial charge is 0.0991 e. The Kier molecular flexibility index (Phi) is 5.68. The molecule has 0 radical (unpaired) electrons. The Labute approximate surface area is 104 Å². The molecule has 1 rings (SSSR count). The summed E-state index contributed by atoms with van der Waals surface area (Å²) < 4.78 is 5.08. The van der Waals surface area contributed by atoms with E-state index in [9.17, 15) is 0 Å². The molecular weight excluding hydrogens is 212 g/mol. The van der Waals surface area contributed by atoms with Crippen molar-refractivity contribution in [2.24, 2.45) is 0 Å². The van der Waals surface area contributed by atoms with E-state index in [-0.39, 0.29) is 0 Å². The summed E-state index contributed by atoms with van der Waals surface area (Å²) in [6.45, 7) is 3.83. The summed E-state index contributed by atoms with van der Waals surface area (Å²) in [6.07, 6.45) is 1.02. The molecule has 0 bridgehead atoms. The third kappa shape index (κ3) is 4.56. The molecular formula is C14H20N2O. The Morgan fingerprint density at radius 3 is 2.88 bits per heavy atom. The fourth-order valence-electron chi connectivity index (χ4n) is 1.69. The highest BCUT2D eigenvalue weighted by molar-refractivity contribution is 5.32. The zero-order chi connectivity index (χ0) is 12.7. The zero-order valence-electron chi connectivity index (χ0n) is 10.8. The van der Waals surface area contributed by atoms with Crippen molar-refractivity contribution in [2.45, 2.75) is 25.9 Å². The summed E-state index contributed by atoms with van der Waals surface area (Å²) in [6, 6.07) is 10.4. The van der Waals surface area contributed by atoms with Gasteiger partial charge in [-0.2, -0.15) is 5.26 Å². The highest BCUT2D eigenvalue weighted by Crippen LogP contribution is 2.10. The topological polar surface area (TPSA) is 36.3 Å². The number of hydrogen-bond acceptors (Lipinski definition) is 3. The summed E-state index contributed by atoms with van der Waals surface area (Å²) in [5, 5.41) is 8.84. The molecule has 92 valence electrons. The van der Waals surface area contributed by atoms with E-state index in [1.807, 2.05) is 18.2 Å². The molecule has 3 nitrogen and oxygen atoms in total. The van der Waals surface area contributed by atoms with Crippen molar-refractivity contribution >= 4 is 0 Å². The van der Waals surface area contributed by atoms with Gasteiger partial charge in [0.2, 0.25) is 0 Å². The maximum absolute atomic E-state index is 8.84. The normalized spacial score (nSPS) is 12.4. The Morgan fingerprint density at radius 1 is 1.47 bits per heavy atom. The van der Waals surface area contributed by atoms with Crippen LogP contribution in [-0.4, -0.2) is 31.7 Å². The largest absolute Gasteiger partial charge is 0.385 e. The van der Waals surface area contributed by atoms with Crippen molar-refractivity contribution in [3.05, 3.63) is 35.4 Å². The van der Waals surface area contributed by atoms with E-state index in [2.05, 4.69) is 31.0 Å². The van der Waals surface area contributed by atoms with E-state index in [0.29, 0.717) is 6.04 Å². The molecule has 1 unspecified atom stereocenters. The molecule has 0 heterocycles. The predicted octanol–water partition coefficient (Wildman–Crippen LogP) is 2.42. The summed E-state index contributed by atoms with van der Waals surface area (Å²) in [5.41, 5.74) is 1.90. The fourth-order valence-corrected chi connectivity index (χ4v) is 1.69. The van der Waals surface area contributed by atoms with E-state index in [4.69, 9.17) is 10.00 Å². The first-order valence-corrected chi connectivity index (χ1v) is 5.85. The molecule has 1 aromatic carbocycles. The monoisotopic (exact) mass is 232 g/mol. The average molecular weight is 232 g/mol. The van der Waals surface area contributed by atoms with Crippen LogP contribution in [0.1, 0.15) is 24.5 Å². The average Bonchev–Trinajstić information content (AvgIpc) is 2.36. The Bertz CT molecular complexity index is 384. The van der Waals surface area contributed by atoms with Gasteiger partial charge < -0.3 is 4.74 Å². The van der Waals surface area contributed by atoms with Crippen LogP contribution in [0, 0.1) is 11.3 Å². The number of ether oxygens (including phenoxy) is 1. The van der Waals surface area contributed by atoms with Crippen LogP contribution in [0.4, 0.5) is 0 Å². The zero-order valence-corrected chi connectivity index (χ0v) is 10.8. The van der Waals surface area contributed by atoms with E-state index >= 15 is 0 Å². The van der Waals surface area contributed by atoms with Gasteiger partial charge in [0, 0.05) is 26.3 Å². The Hall–Kier alpha value is -1.37. The molecule has 0 amide bonds. The second-order valence-corrected chi connectivity index (χ2v) is 4.36. The fraction of sp³-hybridized carbons (Fsp3) is 0.500. The summed E-state index contributed by atoms with van der Waals surface area (Å²) >= 11 is 0. The van der Waals surface area contributed by atoms with Crippen LogP contribution in [-0.2, 0) is 11.3 Å². The number of rotatable bonds is 6. The summed E-state index contributed by atoms with van der Waals surface area (Å²) in [4.78, 5) is 2.27. The molecule has 0 aliphatic heterocycles. The number of methoxy groups -OCH3 is 1. The molecule has 0 fully saturated rings. The minimum absolute atomic E-state index is 0.473. The van der Waals surface area contributed by atoms with E-state index < -0.39 is 0 Å². The predicted molar refractivity (Wildman–Crippen MR) is 68.6 cm³/mol. The lowest BCUT2D eigenvalue weighted by Crippen LogP contribution is -2.29. The number of benzene rings is 1. The van der Waals surface area contributed by atoms with Crippen molar-refractivity contribution in [3.8, 4) is 6.07 Å². The van der Waals surface area contributed by atoms with Gasteiger partial charge in [-0.15, -0.1) is 0 Å². The first-order valence-electron chi connectivity index (χ1n) is 5.85. The van der Waals surface area contributed by atoms with Gasteiger partial charge in [-0.25, -0.2) is 0 Å². The molecule has 3 heteroatoms. The molecule has 0 saturated heterocycles. The van der Waals surface area contributed by atoms with Gasteiger partial charge in [0.1, 0.15) is 0 Å². The second-order valence-electron chi connectivity index (χ2n) is 4.36. The number of hydrogen-bond donors (Lipinski definition) is 0. The summed E-state index contributed by atoms with van der Waals surface area (Å²) in [7, 11) is 3.82. The maximum Gasteiger partial charge on any atom is 0.0991 e. The minimum atomic E-state index is 0.473. The third-order valence-corrected chi connectivity index (χ3v) is 2.98. The van der Waals surface area contributed by atoms with Crippen LogP contribution in [0.2, 0.25) is 0 Å². The number of nitriles is 1. The van der Waals surface area contributed by atoms with Gasteiger partial charge in [0.05, 0.1) is 11.6 Å².